The van der Waals surface area contributed by atoms with Crippen LogP contribution in [0.15, 0.2) is 35.4 Å². The number of pyridine rings is 1. The first-order valence-corrected chi connectivity index (χ1v) is 12.4. The predicted octanol–water partition coefficient (Wildman–Crippen LogP) is 5.44. The van der Waals surface area contributed by atoms with Crippen LogP contribution < -0.4 is 9.46 Å². The SMILES string of the molecule is Cc1cc2c(C#N)c(-c3ccc(S(=O)(=O)N[C@@H](C)C(F)(F)F)cn3)n(C3CCC3)c2cc1OC(F)F. The minimum Gasteiger partial charge on any atom is -0.434 e. The molecule has 1 saturated carbocycles. The zero-order valence-corrected chi connectivity index (χ0v) is 19.9. The van der Waals surface area contributed by atoms with Gasteiger partial charge in [-0.1, -0.05) is 0 Å². The van der Waals surface area contributed by atoms with Gasteiger partial charge in [-0.3, -0.25) is 4.98 Å². The Labute approximate surface area is 203 Å². The maximum absolute atomic E-state index is 12.9. The maximum Gasteiger partial charge on any atom is 0.404 e. The third kappa shape index (κ3) is 4.75. The van der Waals surface area contributed by atoms with E-state index in [9.17, 15) is 35.6 Å². The van der Waals surface area contributed by atoms with Gasteiger partial charge in [-0.05, 0) is 56.9 Å². The lowest BCUT2D eigenvalue weighted by Crippen LogP contribution is -2.42. The molecule has 1 atom stereocenters. The van der Waals surface area contributed by atoms with Crippen molar-refractivity contribution in [3.63, 3.8) is 0 Å². The summed E-state index contributed by atoms with van der Waals surface area (Å²) in [5.41, 5.74) is 1.69. The van der Waals surface area contributed by atoms with E-state index < -0.39 is 33.7 Å². The van der Waals surface area contributed by atoms with E-state index in [1.54, 1.807) is 17.7 Å². The summed E-state index contributed by atoms with van der Waals surface area (Å²) in [6.45, 7) is -0.775. The van der Waals surface area contributed by atoms with Gasteiger partial charge in [0.25, 0.3) is 0 Å². The number of alkyl halides is 5. The second kappa shape index (κ2) is 9.33. The molecule has 1 aliphatic carbocycles. The van der Waals surface area contributed by atoms with Gasteiger partial charge in [0, 0.05) is 23.7 Å². The lowest BCUT2D eigenvalue weighted by molar-refractivity contribution is -0.147. The Morgan fingerprint density at radius 1 is 1.25 bits per heavy atom. The van der Waals surface area contributed by atoms with Crippen molar-refractivity contribution >= 4 is 20.9 Å². The Morgan fingerprint density at radius 2 is 1.94 bits per heavy atom. The first kappa shape index (κ1) is 25.8. The number of ether oxygens (including phenoxy) is 1. The van der Waals surface area contributed by atoms with Crippen molar-refractivity contribution in [2.45, 2.75) is 62.9 Å². The largest absolute Gasteiger partial charge is 0.434 e. The molecule has 1 aromatic carbocycles. The molecule has 0 saturated heterocycles. The lowest BCUT2D eigenvalue weighted by atomic mass is 9.92. The van der Waals surface area contributed by atoms with E-state index >= 15 is 0 Å². The summed E-state index contributed by atoms with van der Waals surface area (Å²) in [6.07, 6.45) is -1.39. The van der Waals surface area contributed by atoms with E-state index in [2.05, 4.69) is 15.8 Å². The quantitative estimate of drug-likeness (QED) is 0.412. The van der Waals surface area contributed by atoms with Crippen molar-refractivity contribution in [1.82, 2.24) is 14.3 Å². The van der Waals surface area contributed by atoms with Crippen molar-refractivity contribution in [3.8, 4) is 23.2 Å². The van der Waals surface area contributed by atoms with Gasteiger partial charge in [-0.15, -0.1) is 0 Å². The molecule has 7 nitrogen and oxygen atoms in total. The average Bonchev–Trinajstić information content (AvgIpc) is 3.04. The van der Waals surface area contributed by atoms with E-state index in [0.29, 0.717) is 29.1 Å². The highest BCUT2D eigenvalue weighted by atomic mass is 32.2. The zero-order valence-electron chi connectivity index (χ0n) is 19.1. The smallest absolute Gasteiger partial charge is 0.404 e. The van der Waals surface area contributed by atoms with Crippen molar-refractivity contribution < 1.29 is 35.1 Å². The van der Waals surface area contributed by atoms with Crippen LogP contribution in [0.5, 0.6) is 5.75 Å². The molecule has 1 N–H and O–H groups in total. The van der Waals surface area contributed by atoms with E-state index in [0.717, 1.165) is 31.5 Å². The molecule has 0 amide bonds. The standard InChI is InChI=1S/C23H21F5N4O3S/c1-12-8-16-17(10-29)21(32(14-4-3-5-14)19(16)9-20(12)35-22(24)25)18-7-6-15(11-30-18)36(33,34)31-13(2)23(26,27)28/h6-9,11,13-14,22,31H,3-5H2,1-2H3/t13-/m0/s1. The number of rotatable bonds is 7. The highest BCUT2D eigenvalue weighted by Crippen LogP contribution is 2.43. The van der Waals surface area contributed by atoms with Crippen molar-refractivity contribution in [1.29, 1.82) is 5.26 Å². The van der Waals surface area contributed by atoms with Crippen LogP contribution in [-0.2, 0) is 10.0 Å². The fraction of sp³-hybridized carbons (Fsp3) is 0.391. The van der Waals surface area contributed by atoms with Crippen LogP contribution in [0.3, 0.4) is 0 Å². The molecule has 4 rings (SSSR count). The number of nitrogens with zero attached hydrogens (tertiary/aromatic N) is 3. The van der Waals surface area contributed by atoms with E-state index in [1.807, 2.05) is 4.57 Å². The fourth-order valence-electron chi connectivity index (χ4n) is 4.10. The molecule has 0 spiro atoms. The number of nitrogens with one attached hydrogen (secondary N) is 1. The van der Waals surface area contributed by atoms with Crippen LogP contribution in [0, 0.1) is 18.3 Å². The molecule has 2 aromatic heterocycles. The minimum atomic E-state index is -4.77. The molecule has 36 heavy (non-hydrogen) atoms. The summed E-state index contributed by atoms with van der Waals surface area (Å²) >= 11 is 0. The Morgan fingerprint density at radius 3 is 2.44 bits per heavy atom. The van der Waals surface area contributed by atoms with Crippen LogP contribution in [0.4, 0.5) is 22.0 Å². The molecule has 0 unspecified atom stereocenters. The van der Waals surface area contributed by atoms with Crippen LogP contribution in [0.1, 0.15) is 43.4 Å². The number of halogens is 5. The Kier molecular flexibility index (Phi) is 6.70. The number of fused-ring (bicyclic) bond motifs is 1. The summed E-state index contributed by atoms with van der Waals surface area (Å²) in [4.78, 5) is 3.68. The number of aryl methyl sites for hydroxylation is 1. The Bertz CT molecular complexity index is 1440. The first-order valence-electron chi connectivity index (χ1n) is 10.9. The van der Waals surface area contributed by atoms with E-state index in [4.69, 9.17) is 0 Å². The summed E-state index contributed by atoms with van der Waals surface area (Å²) in [6, 6.07) is 5.21. The minimum absolute atomic E-state index is 0.0362. The number of hydrogen-bond donors (Lipinski definition) is 1. The molecule has 0 aliphatic heterocycles. The lowest BCUT2D eigenvalue weighted by Gasteiger charge is -2.30. The van der Waals surface area contributed by atoms with E-state index in [-0.39, 0.29) is 23.0 Å². The highest BCUT2D eigenvalue weighted by molar-refractivity contribution is 7.89. The zero-order chi connectivity index (χ0) is 26.4. The first-order chi connectivity index (χ1) is 16.8. The van der Waals surface area contributed by atoms with Gasteiger partial charge in [0.1, 0.15) is 22.8 Å². The number of nitriles is 1. The molecule has 1 aliphatic rings. The van der Waals surface area contributed by atoms with Crippen molar-refractivity contribution in [2.75, 3.05) is 0 Å². The predicted molar refractivity (Wildman–Crippen MR) is 120 cm³/mol. The second-order valence-corrected chi connectivity index (χ2v) is 10.3. The third-order valence-corrected chi connectivity index (χ3v) is 7.71. The molecular formula is C23H21F5N4O3S. The van der Waals surface area contributed by atoms with Crippen LogP contribution >= 0.6 is 0 Å². The summed E-state index contributed by atoms with van der Waals surface area (Å²) in [5, 5.41) is 10.5. The van der Waals surface area contributed by atoms with Crippen LogP contribution in [0.2, 0.25) is 0 Å². The Balaban J connectivity index is 1.83. The monoisotopic (exact) mass is 528 g/mol. The van der Waals surface area contributed by atoms with Gasteiger partial charge in [0.2, 0.25) is 10.0 Å². The molecular weight excluding hydrogens is 507 g/mol. The summed E-state index contributed by atoms with van der Waals surface area (Å²) < 4.78 is 97.2. The van der Waals surface area contributed by atoms with Crippen molar-refractivity contribution in [3.05, 3.63) is 41.6 Å². The Hall–Kier alpha value is -3.24. The average molecular weight is 529 g/mol. The summed E-state index contributed by atoms with van der Waals surface area (Å²) in [7, 11) is -4.52. The second-order valence-electron chi connectivity index (χ2n) is 8.57. The third-order valence-electron chi connectivity index (χ3n) is 6.18. The van der Waals surface area contributed by atoms with Gasteiger partial charge >= 0.3 is 12.8 Å². The highest BCUT2D eigenvalue weighted by Gasteiger charge is 2.39. The number of sulfonamides is 1. The topological polar surface area (TPSA) is 97.0 Å². The maximum atomic E-state index is 12.9. The van der Waals surface area contributed by atoms with Gasteiger partial charge in [0.15, 0.2) is 0 Å². The normalized spacial score (nSPS) is 15.6. The molecule has 13 heteroatoms. The van der Waals surface area contributed by atoms with Gasteiger partial charge in [-0.2, -0.15) is 31.9 Å². The fourth-order valence-corrected chi connectivity index (χ4v) is 5.28. The van der Waals surface area contributed by atoms with Gasteiger partial charge in [-0.25, -0.2) is 8.42 Å². The molecule has 192 valence electrons. The van der Waals surface area contributed by atoms with E-state index in [1.165, 1.54) is 12.1 Å². The summed E-state index contributed by atoms with van der Waals surface area (Å²) in [5.74, 6) is -0.0362. The van der Waals surface area contributed by atoms with Crippen LogP contribution in [-0.4, -0.2) is 36.8 Å². The molecule has 0 bridgehead atoms. The molecule has 2 heterocycles. The molecule has 3 aromatic rings. The van der Waals surface area contributed by atoms with Gasteiger partial charge in [0.05, 0.1) is 22.5 Å². The number of hydrogen-bond acceptors (Lipinski definition) is 5. The molecule has 0 radical (unpaired) electrons. The number of benzene rings is 1. The van der Waals surface area contributed by atoms with Crippen molar-refractivity contribution in [2.24, 2.45) is 0 Å². The number of aromatic nitrogens is 2. The van der Waals surface area contributed by atoms with Crippen LogP contribution in [0.25, 0.3) is 22.3 Å². The van der Waals surface area contributed by atoms with Gasteiger partial charge < -0.3 is 9.30 Å². The molecule has 1 fully saturated rings.